The summed E-state index contributed by atoms with van der Waals surface area (Å²) in [5.74, 6) is 0. The number of benzene rings is 1. The molecule has 0 aromatic heterocycles. The standard InChI is InChI=1S/C13H22N2/c1-4-14-13(15(2)3)11-10-12-8-6-5-7-9-12/h5-9,13-14H,4,10-11H2,1-3H3. The molecule has 0 fully saturated rings. The van der Waals surface area contributed by atoms with E-state index in [0.29, 0.717) is 6.17 Å². The fourth-order valence-electron chi connectivity index (χ4n) is 1.73. The Morgan fingerprint density at radius 3 is 2.40 bits per heavy atom. The molecule has 1 aromatic rings. The van der Waals surface area contributed by atoms with Gasteiger partial charge >= 0.3 is 0 Å². The summed E-state index contributed by atoms with van der Waals surface area (Å²) in [6, 6.07) is 10.7. The van der Waals surface area contributed by atoms with Crippen LogP contribution in [0, 0.1) is 0 Å². The van der Waals surface area contributed by atoms with Crippen LogP contribution in [0.15, 0.2) is 30.3 Å². The van der Waals surface area contributed by atoms with Gasteiger partial charge in [0.1, 0.15) is 0 Å². The Morgan fingerprint density at radius 2 is 1.87 bits per heavy atom. The van der Waals surface area contributed by atoms with E-state index in [1.807, 2.05) is 0 Å². The number of rotatable bonds is 6. The smallest absolute Gasteiger partial charge is 0.0595 e. The minimum atomic E-state index is 0.482. The van der Waals surface area contributed by atoms with Crippen LogP contribution in [0.5, 0.6) is 0 Å². The van der Waals surface area contributed by atoms with Crippen molar-refractivity contribution in [2.75, 3.05) is 20.6 Å². The average Bonchev–Trinajstić information content (AvgIpc) is 2.25. The van der Waals surface area contributed by atoms with Crippen LogP contribution < -0.4 is 5.32 Å². The summed E-state index contributed by atoms with van der Waals surface area (Å²) in [5, 5.41) is 3.48. The van der Waals surface area contributed by atoms with Crippen molar-refractivity contribution in [2.24, 2.45) is 0 Å². The van der Waals surface area contributed by atoms with Crippen LogP contribution in [0.25, 0.3) is 0 Å². The van der Waals surface area contributed by atoms with E-state index in [1.54, 1.807) is 0 Å². The molecule has 1 unspecified atom stereocenters. The summed E-state index contributed by atoms with van der Waals surface area (Å²) in [7, 11) is 4.25. The fraction of sp³-hybridized carbons (Fsp3) is 0.538. The highest BCUT2D eigenvalue weighted by Gasteiger charge is 2.08. The molecular formula is C13H22N2. The van der Waals surface area contributed by atoms with Gasteiger partial charge in [0.05, 0.1) is 6.17 Å². The zero-order chi connectivity index (χ0) is 11.1. The molecular weight excluding hydrogens is 184 g/mol. The molecule has 2 heteroatoms. The van der Waals surface area contributed by atoms with Crippen LogP contribution in [-0.2, 0) is 6.42 Å². The Morgan fingerprint density at radius 1 is 1.20 bits per heavy atom. The molecule has 0 aliphatic heterocycles. The first-order valence-corrected chi connectivity index (χ1v) is 5.67. The van der Waals surface area contributed by atoms with Crippen molar-refractivity contribution in [3.63, 3.8) is 0 Å². The molecule has 0 heterocycles. The zero-order valence-corrected chi connectivity index (χ0v) is 10.0. The molecule has 0 bridgehead atoms. The average molecular weight is 206 g/mol. The first-order chi connectivity index (χ1) is 7.24. The number of nitrogens with zero attached hydrogens (tertiary/aromatic N) is 1. The summed E-state index contributed by atoms with van der Waals surface area (Å²) < 4.78 is 0. The first kappa shape index (κ1) is 12.2. The summed E-state index contributed by atoms with van der Waals surface area (Å²) in [6.45, 7) is 3.18. The van der Waals surface area contributed by atoms with Crippen LogP contribution in [0.2, 0.25) is 0 Å². The third-order valence-corrected chi connectivity index (χ3v) is 2.61. The molecule has 1 atom stereocenters. The number of hydrogen-bond acceptors (Lipinski definition) is 2. The Balaban J connectivity index is 2.40. The predicted molar refractivity (Wildman–Crippen MR) is 65.9 cm³/mol. The molecule has 0 aliphatic carbocycles. The van der Waals surface area contributed by atoms with Gasteiger partial charge in [-0.3, -0.25) is 4.90 Å². The van der Waals surface area contributed by atoms with Crippen LogP contribution >= 0.6 is 0 Å². The third-order valence-electron chi connectivity index (χ3n) is 2.61. The predicted octanol–water partition coefficient (Wildman–Crippen LogP) is 2.12. The Bertz CT molecular complexity index is 256. The highest BCUT2D eigenvalue weighted by molar-refractivity contribution is 5.14. The van der Waals surface area contributed by atoms with Crippen LogP contribution in [0.4, 0.5) is 0 Å². The van der Waals surface area contributed by atoms with E-state index in [0.717, 1.165) is 19.4 Å². The topological polar surface area (TPSA) is 15.3 Å². The maximum absolute atomic E-state index is 3.48. The molecule has 0 radical (unpaired) electrons. The Labute approximate surface area is 93.3 Å². The van der Waals surface area contributed by atoms with Crippen molar-refractivity contribution in [3.8, 4) is 0 Å². The van der Waals surface area contributed by atoms with Crippen molar-refractivity contribution < 1.29 is 0 Å². The lowest BCUT2D eigenvalue weighted by Crippen LogP contribution is -2.41. The van der Waals surface area contributed by atoms with Gasteiger partial charge in [-0.05, 0) is 39.0 Å². The van der Waals surface area contributed by atoms with E-state index in [9.17, 15) is 0 Å². The van der Waals surface area contributed by atoms with Gasteiger partial charge in [0, 0.05) is 0 Å². The van der Waals surface area contributed by atoms with Crippen molar-refractivity contribution in [3.05, 3.63) is 35.9 Å². The van der Waals surface area contributed by atoms with Crippen molar-refractivity contribution in [2.45, 2.75) is 25.9 Å². The van der Waals surface area contributed by atoms with Crippen molar-refractivity contribution >= 4 is 0 Å². The molecule has 1 rings (SSSR count). The van der Waals surface area contributed by atoms with Gasteiger partial charge in [-0.1, -0.05) is 37.3 Å². The van der Waals surface area contributed by atoms with Gasteiger partial charge < -0.3 is 5.32 Å². The highest BCUT2D eigenvalue weighted by atomic mass is 15.2. The summed E-state index contributed by atoms with van der Waals surface area (Å²) in [6.07, 6.45) is 2.77. The lowest BCUT2D eigenvalue weighted by Gasteiger charge is -2.24. The van der Waals surface area contributed by atoms with E-state index < -0.39 is 0 Å². The Hall–Kier alpha value is -0.860. The normalized spacial score (nSPS) is 13.1. The zero-order valence-electron chi connectivity index (χ0n) is 10.0. The van der Waals surface area contributed by atoms with E-state index in [4.69, 9.17) is 0 Å². The minimum Gasteiger partial charge on any atom is -0.302 e. The van der Waals surface area contributed by atoms with Gasteiger partial charge in [-0.15, -0.1) is 0 Å². The summed E-state index contributed by atoms with van der Waals surface area (Å²) >= 11 is 0. The SMILES string of the molecule is CCNC(CCc1ccccc1)N(C)C. The molecule has 0 amide bonds. The fourth-order valence-corrected chi connectivity index (χ4v) is 1.73. The number of hydrogen-bond donors (Lipinski definition) is 1. The van der Waals surface area contributed by atoms with Crippen molar-refractivity contribution in [1.82, 2.24) is 10.2 Å². The number of aryl methyl sites for hydroxylation is 1. The number of nitrogens with one attached hydrogen (secondary N) is 1. The summed E-state index contributed by atoms with van der Waals surface area (Å²) in [4.78, 5) is 2.24. The van der Waals surface area contributed by atoms with E-state index in [1.165, 1.54) is 5.56 Å². The van der Waals surface area contributed by atoms with Gasteiger partial charge in [-0.2, -0.15) is 0 Å². The maximum atomic E-state index is 3.48. The van der Waals surface area contributed by atoms with Crippen LogP contribution in [-0.4, -0.2) is 31.7 Å². The van der Waals surface area contributed by atoms with E-state index in [-0.39, 0.29) is 0 Å². The lowest BCUT2D eigenvalue weighted by molar-refractivity contribution is 0.236. The lowest BCUT2D eigenvalue weighted by atomic mass is 10.1. The van der Waals surface area contributed by atoms with Crippen LogP contribution in [0.1, 0.15) is 18.9 Å². The van der Waals surface area contributed by atoms with Gasteiger partial charge in [0.2, 0.25) is 0 Å². The largest absolute Gasteiger partial charge is 0.302 e. The van der Waals surface area contributed by atoms with E-state index in [2.05, 4.69) is 61.6 Å². The van der Waals surface area contributed by atoms with E-state index >= 15 is 0 Å². The quantitative estimate of drug-likeness (QED) is 0.717. The molecule has 1 N–H and O–H groups in total. The molecule has 15 heavy (non-hydrogen) atoms. The van der Waals surface area contributed by atoms with Gasteiger partial charge in [0.15, 0.2) is 0 Å². The molecule has 0 saturated carbocycles. The van der Waals surface area contributed by atoms with Crippen LogP contribution in [0.3, 0.4) is 0 Å². The monoisotopic (exact) mass is 206 g/mol. The minimum absolute atomic E-state index is 0.482. The third kappa shape index (κ3) is 4.45. The molecule has 84 valence electrons. The molecule has 2 nitrogen and oxygen atoms in total. The molecule has 0 saturated heterocycles. The summed E-state index contributed by atoms with van der Waals surface area (Å²) in [5.41, 5.74) is 1.42. The molecule has 0 aliphatic rings. The van der Waals surface area contributed by atoms with Gasteiger partial charge in [0.25, 0.3) is 0 Å². The van der Waals surface area contributed by atoms with Gasteiger partial charge in [-0.25, -0.2) is 0 Å². The second-order valence-corrected chi connectivity index (χ2v) is 4.06. The molecule has 0 spiro atoms. The first-order valence-electron chi connectivity index (χ1n) is 5.67. The highest BCUT2D eigenvalue weighted by Crippen LogP contribution is 2.06. The molecule has 1 aromatic carbocycles. The maximum Gasteiger partial charge on any atom is 0.0595 e. The second-order valence-electron chi connectivity index (χ2n) is 4.06. The Kier molecular flexibility index (Phi) is 5.37. The second kappa shape index (κ2) is 6.59. The van der Waals surface area contributed by atoms with Crippen molar-refractivity contribution in [1.29, 1.82) is 0 Å².